The van der Waals surface area contributed by atoms with E-state index in [0.29, 0.717) is 15.8 Å². The molecule has 0 saturated carbocycles. The van der Waals surface area contributed by atoms with E-state index in [2.05, 4.69) is 4.72 Å². The maximum absolute atomic E-state index is 12.1. The average Bonchev–Trinajstić information content (AvgIpc) is 2.46. The van der Waals surface area contributed by atoms with Gasteiger partial charge < -0.3 is 4.74 Å². The van der Waals surface area contributed by atoms with Crippen LogP contribution in [0.2, 0.25) is 15.1 Å². The van der Waals surface area contributed by atoms with Crippen molar-refractivity contribution in [1.82, 2.24) is 4.72 Å². The normalized spacial score (nSPS) is 11.4. The highest BCUT2D eigenvalue weighted by atomic mass is 35.5. The molecule has 8 heteroatoms. The molecule has 0 saturated heterocycles. The molecule has 1 N–H and O–H groups in total. The Hall–Kier alpha value is -0.980. The van der Waals surface area contributed by atoms with Gasteiger partial charge in [-0.05, 0) is 36.4 Å². The van der Waals surface area contributed by atoms with Crippen molar-refractivity contribution >= 4 is 44.8 Å². The van der Waals surface area contributed by atoms with Crippen molar-refractivity contribution in [3.8, 4) is 5.75 Å². The second-order valence-electron chi connectivity index (χ2n) is 4.28. The Morgan fingerprint density at radius 2 is 1.77 bits per heavy atom. The van der Waals surface area contributed by atoms with E-state index in [-0.39, 0.29) is 23.1 Å². The van der Waals surface area contributed by atoms with Crippen LogP contribution in [0.1, 0.15) is 0 Å². The molecular weight excluding hydrogens is 369 g/mol. The van der Waals surface area contributed by atoms with Gasteiger partial charge in [0.25, 0.3) is 0 Å². The zero-order valence-corrected chi connectivity index (χ0v) is 14.3. The molecule has 0 spiro atoms. The van der Waals surface area contributed by atoms with Crippen molar-refractivity contribution < 1.29 is 13.2 Å². The van der Waals surface area contributed by atoms with Crippen molar-refractivity contribution in [2.75, 3.05) is 13.2 Å². The van der Waals surface area contributed by atoms with Crippen LogP contribution in [0.4, 0.5) is 0 Å². The second kappa shape index (κ2) is 7.53. The van der Waals surface area contributed by atoms with Crippen molar-refractivity contribution in [3.05, 3.63) is 57.5 Å². The molecule has 2 aromatic rings. The minimum absolute atomic E-state index is 0.0460. The van der Waals surface area contributed by atoms with Gasteiger partial charge in [0.15, 0.2) is 0 Å². The summed E-state index contributed by atoms with van der Waals surface area (Å²) in [7, 11) is -3.66. The maximum Gasteiger partial charge on any atom is 0.240 e. The van der Waals surface area contributed by atoms with E-state index in [1.807, 2.05) is 0 Å². The Kier molecular flexibility index (Phi) is 5.94. The van der Waals surface area contributed by atoms with Crippen LogP contribution in [0.5, 0.6) is 5.75 Å². The van der Waals surface area contributed by atoms with Gasteiger partial charge in [0.1, 0.15) is 12.4 Å². The van der Waals surface area contributed by atoms with Gasteiger partial charge >= 0.3 is 0 Å². The number of hydrogen-bond acceptors (Lipinski definition) is 3. The first-order valence-corrected chi connectivity index (χ1v) is 8.83. The molecule has 0 aliphatic carbocycles. The van der Waals surface area contributed by atoms with Gasteiger partial charge in [0.05, 0.1) is 14.9 Å². The topological polar surface area (TPSA) is 55.4 Å². The van der Waals surface area contributed by atoms with E-state index in [0.717, 1.165) is 0 Å². The van der Waals surface area contributed by atoms with E-state index >= 15 is 0 Å². The van der Waals surface area contributed by atoms with Crippen LogP contribution in [-0.2, 0) is 10.0 Å². The van der Waals surface area contributed by atoms with E-state index in [4.69, 9.17) is 39.5 Å². The molecule has 118 valence electrons. The third-order valence-corrected chi connectivity index (χ3v) is 5.09. The van der Waals surface area contributed by atoms with E-state index in [9.17, 15) is 8.42 Å². The Morgan fingerprint density at radius 3 is 2.45 bits per heavy atom. The van der Waals surface area contributed by atoms with Crippen LogP contribution in [0, 0.1) is 0 Å². The predicted molar refractivity (Wildman–Crippen MR) is 88.6 cm³/mol. The predicted octanol–water partition coefficient (Wildman–Crippen LogP) is 4.00. The summed E-state index contributed by atoms with van der Waals surface area (Å²) in [6.07, 6.45) is 0. The molecule has 0 heterocycles. The second-order valence-corrected chi connectivity index (χ2v) is 7.30. The van der Waals surface area contributed by atoms with Crippen molar-refractivity contribution in [2.45, 2.75) is 4.90 Å². The lowest BCUT2D eigenvalue weighted by Gasteiger charge is -2.09. The molecule has 0 fully saturated rings. The van der Waals surface area contributed by atoms with Crippen molar-refractivity contribution in [3.63, 3.8) is 0 Å². The first kappa shape index (κ1) is 17.4. The number of sulfonamides is 1. The fourth-order valence-electron chi connectivity index (χ4n) is 1.63. The quantitative estimate of drug-likeness (QED) is 0.771. The highest BCUT2D eigenvalue weighted by Crippen LogP contribution is 2.24. The lowest BCUT2D eigenvalue weighted by molar-refractivity contribution is 0.323. The molecular formula is C14H12Cl3NO3S. The first-order valence-electron chi connectivity index (χ1n) is 6.21. The van der Waals surface area contributed by atoms with Gasteiger partial charge in [0.2, 0.25) is 10.0 Å². The van der Waals surface area contributed by atoms with Crippen LogP contribution in [0.15, 0.2) is 47.4 Å². The van der Waals surface area contributed by atoms with Crippen molar-refractivity contribution in [2.24, 2.45) is 0 Å². The molecule has 0 atom stereocenters. The highest BCUT2D eigenvalue weighted by molar-refractivity contribution is 7.89. The summed E-state index contributed by atoms with van der Waals surface area (Å²) < 4.78 is 32.0. The highest BCUT2D eigenvalue weighted by Gasteiger charge is 2.14. The SMILES string of the molecule is O=S(=O)(NCCOc1cccc(Cl)c1)c1ccc(Cl)c(Cl)c1. The number of hydrogen-bond donors (Lipinski definition) is 1. The summed E-state index contributed by atoms with van der Waals surface area (Å²) in [6.45, 7) is 0.274. The van der Waals surface area contributed by atoms with Crippen molar-refractivity contribution in [1.29, 1.82) is 0 Å². The van der Waals surface area contributed by atoms with Gasteiger partial charge in [-0.3, -0.25) is 0 Å². The molecule has 0 aromatic heterocycles. The summed E-state index contributed by atoms with van der Waals surface area (Å²) in [6, 6.07) is 11.0. The van der Waals surface area contributed by atoms with Gasteiger partial charge in [-0.2, -0.15) is 0 Å². The Morgan fingerprint density at radius 1 is 1.00 bits per heavy atom. The summed E-state index contributed by atoms with van der Waals surface area (Å²) in [5, 5.41) is 1.03. The third-order valence-electron chi connectivity index (χ3n) is 2.66. The lowest BCUT2D eigenvalue weighted by atomic mass is 10.3. The number of rotatable bonds is 6. The van der Waals surface area contributed by atoms with E-state index < -0.39 is 10.0 Å². The van der Waals surface area contributed by atoms with E-state index in [1.165, 1.54) is 18.2 Å². The van der Waals surface area contributed by atoms with Gasteiger partial charge in [-0.1, -0.05) is 40.9 Å². The largest absolute Gasteiger partial charge is 0.492 e. The fourth-order valence-corrected chi connectivity index (χ4v) is 3.21. The summed E-state index contributed by atoms with van der Waals surface area (Å²) in [4.78, 5) is 0.0460. The summed E-state index contributed by atoms with van der Waals surface area (Å²) in [5.74, 6) is 0.571. The van der Waals surface area contributed by atoms with Gasteiger partial charge in [0, 0.05) is 11.6 Å². The van der Waals surface area contributed by atoms with Crippen LogP contribution in [0.25, 0.3) is 0 Å². The van der Waals surface area contributed by atoms with E-state index in [1.54, 1.807) is 24.3 Å². The Balaban J connectivity index is 1.91. The lowest BCUT2D eigenvalue weighted by Crippen LogP contribution is -2.28. The number of benzene rings is 2. The average molecular weight is 381 g/mol. The minimum Gasteiger partial charge on any atom is -0.492 e. The fraction of sp³-hybridized carbons (Fsp3) is 0.143. The monoisotopic (exact) mass is 379 g/mol. The zero-order chi connectivity index (χ0) is 16.2. The number of nitrogens with one attached hydrogen (secondary N) is 1. The first-order chi connectivity index (χ1) is 10.4. The smallest absolute Gasteiger partial charge is 0.240 e. The molecule has 2 aromatic carbocycles. The third kappa shape index (κ3) is 4.76. The minimum atomic E-state index is -3.66. The molecule has 4 nitrogen and oxygen atoms in total. The molecule has 0 bridgehead atoms. The number of halogens is 3. The molecule has 2 rings (SSSR count). The Labute approximate surface area is 144 Å². The van der Waals surface area contributed by atoms with Crippen LogP contribution in [-0.4, -0.2) is 21.6 Å². The summed E-state index contributed by atoms with van der Waals surface area (Å²) >= 11 is 17.4. The molecule has 0 unspecified atom stereocenters. The van der Waals surface area contributed by atoms with Crippen LogP contribution >= 0.6 is 34.8 Å². The standard InChI is InChI=1S/C14H12Cl3NO3S/c15-10-2-1-3-11(8-10)21-7-6-18-22(19,20)12-4-5-13(16)14(17)9-12/h1-5,8-9,18H,6-7H2. The zero-order valence-electron chi connectivity index (χ0n) is 11.2. The molecule has 22 heavy (non-hydrogen) atoms. The maximum atomic E-state index is 12.1. The molecule has 0 amide bonds. The Bertz CT molecular complexity index is 766. The number of ether oxygens (including phenoxy) is 1. The molecule has 0 radical (unpaired) electrons. The van der Waals surface area contributed by atoms with Crippen LogP contribution in [0.3, 0.4) is 0 Å². The van der Waals surface area contributed by atoms with Gasteiger partial charge in [-0.25, -0.2) is 13.1 Å². The van der Waals surface area contributed by atoms with Crippen LogP contribution < -0.4 is 9.46 Å². The van der Waals surface area contributed by atoms with Gasteiger partial charge in [-0.15, -0.1) is 0 Å². The molecule has 0 aliphatic rings. The summed E-state index contributed by atoms with van der Waals surface area (Å²) in [5.41, 5.74) is 0. The molecule has 0 aliphatic heterocycles.